The number of benzene rings is 1. The molecule has 3 rings (SSSR count). The number of hydrogen-bond acceptors (Lipinski definition) is 4. The van der Waals surface area contributed by atoms with Gasteiger partial charge in [0, 0.05) is 24.9 Å². The first kappa shape index (κ1) is 17.0. The lowest BCUT2D eigenvalue weighted by Crippen LogP contribution is -2.38. The monoisotopic (exact) mass is 344 g/mol. The zero-order chi connectivity index (χ0) is 16.9. The molecular formula is C19H24N2O2S. The third-order valence-electron chi connectivity index (χ3n) is 4.73. The molecule has 5 heteroatoms. The van der Waals surface area contributed by atoms with E-state index in [4.69, 9.17) is 4.74 Å². The van der Waals surface area contributed by atoms with Crippen molar-refractivity contribution < 1.29 is 9.53 Å². The average Bonchev–Trinajstić information content (AvgIpc) is 3.10. The molecule has 0 N–H and O–H groups in total. The number of thiazole rings is 1. The Bertz CT molecular complexity index is 675. The van der Waals surface area contributed by atoms with Crippen molar-refractivity contribution in [2.75, 3.05) is 14.2 Å². The molecule has 0 spiro atoms. The Balaban J connectivity index is 1.64. The van der Waals surface area contributed by atoms with Crippen LogP contribution in [-0.4, -0.2) is 36.0 Å². The summed E-state index contributed by atoms with van der Waals surface area (Å²) in [5, 5.41) is 2.86. The van der Waals surface area contributed by atoms with Gasteiger partial charge in [-0.15, -0.1) is 11.3 Å². The maximum absolute atomic E-state index is 12.6. The largest absolute Gasteiger partial charge is 0.497 e. The number of carbonyl (C=O) groups excluding carboxylic acids is 1. The van der Waals surface area contributed by atoms with E-state index in [0.717, 1.165) is 30.0 Å². The number of nitrogens with zero attached hydrogens (tertiary/aromatic N) is 2. The molecule has 0 unspecified atom stereocenters. The quantitative estimate of drug-likeness (QED) is 0.818. The van der Waals surface area contributed by atoms with Gasteiger partial charge in [-0.3, -0.25) is 4.79 Å². The van der Waals surface area contributed by atoms with Crippen molar-refractivity contribution in [3.05, 3.63) is 45.9 Å². The van der Waals surface area contributed by atoms with Crippen molar-refractivity contribution in [3.63, 3.8) is 0 Å². The van der Waals surface area contributed by atoms with E-state index in [1.807, 2.05) is 41.6 Å². The minimum absolute atomic E-state index is 0.0548. The lowest BCUT2D eigenvalue weighted by atomic mass is 9.94. The Hall–Kier alpha value is -1.88. The van der Waals surface area contributed by atoms with Crippen LogP contribution in [-0.2, 0) is 6.42 Å². The van der Waals surface area contributed by atoms with Crippen LogP contribution in [0, 0.1) is 0 Å². The minimum atomic E-state index is 0.0548. The molecule has 1 aromatic heterocycles. The van der Waals surface area contributed by atoms with Gasteiger partial charge in [0.25, 0.3) is 5.91 Å². The van der Waals surface area contributed by atoms with Crippen LogP contribution < -0.4 is 4.74 Å². The molecule has 0 aliphatic heterocycles. The van der Waals surface area contributed by atoms with Crippen molar-refractivity contribution in [2.45, 2.75) is 44.6 Å². The molecule has 1 aliphatic rings. The second-order valence-corrected chi connectivity index (χ2v) is 7.30. The summed E-state index contributed by atoms with van der Waals surface area (Å²) in [6.07, 6.45) is 6.72. The van der Waals surface area contributed by atoms with Crippen LogP contribution in [0.2, 0.25) is 0 Å². The Morgan fingerprint density at radius 3 is 2.62 bits per heavy atom. The highest BCUT2D eigenvalue weighted by molar-refractivity contribution is 7.09. The fourth-order valence-corrected chi connectivity index (χ4v) is 4.03. The third kappa shape index (κ3) is 3.96. The van der Waals surface area contributed by atoms with Gasteiger partial charge in [-0.25, -0.2) is 4.98 Å². The van der Waals surface area contributed by atoms with E-state index in [2.05, 4.69) is 4.98 Å². The van der Waals surface area contributed by atoms with Crippen molar-refractivity contribution in [1.82, 2.24) is 9.88 Å². The fourth-order valence-electron chi connectivity index (χ4n) is 3.22. The SMILES string of the molecule is COc1ccc(Cc2nc(C(=O)N(C)C3CCCCC3)cs2)cc1. The molecule has 1 fully saturated rings. The summed E-state index contributed by atoms with van der Waals surface area (Å²) >= 11 is 1.56. The molecule has 128 valence electrons. The van der Waals surface area contributed by atoms with E-state index >= 15 is 0 Å². The first-order chi connectivity index (χ1) is 11.7. The smallest absolute Gasteiger partial charge is 0.273 e. The number of rotatable bonds is 5. The van der Waals surface area contributed by atoms with E-state index < -0.39 is 0 Å². The number of ether oxygens (including phenoxy) is 1. The van der Waals surface area contributed by atoms with Crippen LogP contribution in [0.15, 0.2) is 29.6 Å². The maximum atomic E-state index is 12.6. The number of aromatic nitrogens is 1. The number of hydrogen-bond donors (Lipinski definition) is 0. The summed E-state index contributed by atoms with van der Waals surface area (Å²) in [7, 11) is 3.58. The molecule has 24 heavy (non-hydrogen) atoms. The van der Waals surface area contributed by atoms with Gasteiger partial charge >= 0.3 is 0 Å². The van der Waals surface area contributed by atoms with Gasteiger partial charge in [0.15, 0.2) is 0 Å². The molecular weight excluding hydrogens is 320 g/mol. The molecule has 1 amide bonds. The molecule has 1 saturated carbocycles. The van der Waals surface area contributed by atoms with E-state index in [1.54, 1.807) is 18.4 Å². The highest BCUT2D eigenvalue weighted by Gasteiger charge is 2.24. The van der Waals surface area contributed by atoms with Crippen molar-refractivity contribution in [1.29, 1.82) is 0 Å². The molecule has 0 atom stereocenters. The normalized spacial score (nSPS) is 15.2. The number of amides is 1. The Morgan fingerprint density at radius 2 is 1.96 bits per heavy atom. The molecule has 0 saturated heterocycles. The van der Waals surface area contributed by atoms with Gasteiger partial charge in [-0.1, -0.05) is 31.4 Å². The highest BCUT2D eigenvalue weighted by Crippen LogP contribution is 2.24. The predicted molar refractivity (Wildman–Crippen MR) is 96.9 cm³/mol. The molecule has 0 radical (unpaired) electrons. The van der Waals surface area contributed by atoms with Crippen LogP contribution in [0.4, 0.5) is 0 Å². The molecule has 2 aromatic rings. The van der Waals surface area contributed by atoms with Gasteiger partial charge < -0.3 is 9.64 Å². The van der Waals surface area contributed by atoms with Crippen molar-refractivity contribution >= 4 is 17.2 Å². The van der Waals surface area contributed by atoms with E-state index in [-0.39, 0.29) is 5.91 Å². The zero-order valence-corrected chi connectivity index (χ0v) is 15.1. The van der Waals surface area contributed by atoms with Crippen molar-refractivity contribution in [2.24, 2.45) is 0 Å². The van der Waals surface area contributed by atoms with Crippen LogP contribution in [0.3, 0.4) is 0 Å². The summed E-state index contributed by atoms with van der Waals surface area (Å²) in [6, 6.07) is 8.35. The summed E-state index contributed by atoms with van der Waals surface area (Å²) < 4.78 is 5.18. The lowest BCUT2D eigenvalue weighted by molar-refractivity contribution is 0.0691. The van der Waals surface area contributed by atoms with Crippen LogP contribution >= 0.6 is 11.3 Å². The van der Waals surface area contributed by atoms with Crippen LogP contribution in [0.1, 0.15) is 53.2 Å². The molecule has 0 bridgehead atoms. The van der Waals surface area contributed by atoms with Gasteiger partial charge in [-0.2, -0.15) is 0 Å². The van der Waals surface area contributed by atoms with E-state index in [1.165, 1.54) is 24.8 Å². The molecule has 1 aliphatic carbocycles. The lowest BCUT2D eigenvalue weighted by Gasteiger charge is -2.30. The van der Waals surface area contributed by atoms with Crippen LogP contribution in [0.5, 0.6) is 5.75 Å². The number of methoxy groups -OCH3 is 1. The Labute approximate surface area is 147 Å². The molecule has 1 heterocycles. The average molecular weight is 344 g/mol. The Kier molecular flexibility index (Phi) is 5.51. The molecule has 1 aromatic carbocycles. The van der Waals surface area contributed by atoms with Gasteiger partial charge in [0.2, 0.25) is 0 Å². The van der Waals surface area contributed by atoms with Gasteiger partial charge in [0.05, 0.1) is 12.1 Å². The first-order valence-corrected chi connectivity index (χ1v) is 9.40. The third-order valence-corrected chi connectivity index (χ3v) is 5.58. The van der Waals surface area contributed by atoms with Gasteiger partial charge in [0.1, 0.15) is 11.4 Å². The van der Waals surface area contributed by atoms with E-state index in [9.17, 15) is 4.79 Å². The highest BCUT2D eigenvalue weighted by atomic mass is 32.1. The fraction of sp³-hybridized carbons (Fsp3) is 0.474. The first-order valence-electron chi connectivity index (χ1n) is 8.52. The summed E-state index contributed by atoms with van der Waals surface area (Å²) in [4.78, 5) is 19.1. The topological polar surface area (TPSA) is 42.4 Å². The van der Waals surface area contributed by atoms with E-state index in [0.29, 0.717) is 11.7 Å². The Morgan fingerprint density at radius 1 is 1.25 bits per heavy atom. The summed E-state index contributed by atoms with van der Waals surface area (Å²) in [6.45, 7) is 0. The maximum Gasteiger partial charge on any atom is 0.273 e. The summed E-state index contributed by atoms with van der Waals surface area (Å²) in [5.41, 5.74) is 1.75. The van der Waals surface area contributed by atoms with Crippen LogP contribution in [0.25, 0.3) is 0 Å². The second-order valence-electron chi connectivity index (χ2n) is 6.36. The zero-order valence-electron chi connectivity index (χ0n) is 14.3. The second kappa shape index (κ2) is 7.79. The predicted octanol–water partition coefficient (Wildman–Crippen LogP) is 4.15. The van der Waals surface area contributed by atoms with Crippen molar-refractivity contribution in [3.8, 4) is 5.75 Å². The minimum Gasteiger partial charge on any atom is -0.497 e. The number of carbonyl (C=O) groups is 1. The summed E-state index contributed by atoms with van der Waals surface area (Å²) in [5.74, 6) is 0.905. The molecule has 4 nitrogen and oxygen atoms in total. The van der Waals surface area contributed by atoms with Gasteiger partial charge in [-0.05, 0) is 30.5 Å². The standard InChI is InChI=1S/C19H24N2O2S/c1-21(15-6-4-3-5-7-15)19(22)17-13-24-18(20-17)12-14-8-10-16(23-2)11-9-14/h8-11,13,15H,3-7,12H2,1-2H3.